The minimum atomic E-state index is -0.314. The van der Waals surface area contributed by atoms with Gasteiger partial charge in [0, 0.05) is 19.5 Å². The summed E-state index contributed by atoms with van der Waals surface area (Å²) < 4.78 is 15.4. The van der Waals surface area contributed by atoms with Gasteiger partial charge < -0.3 is 19.4 Å². The molecule has 0 saturated carbocycles. The Hall–Kier alpha value is -2.64. The van der Waals surface area contributed by atoms with Gasteiger partial charge in [-0.3, -0.25) is 9.59 Å². The monoisotopic (exact) mass is 683 g/mol. The van der Waals surface area contributed by atoms with Gasteiger partial charge in [-0.15, -0.1) is 0 Å². The topological polar surface area (TPSA) is 111 Å². The summed E-state index contributed by atoms with van der Waals surface area (Å²) in [6.07, 6.45) is 5.25. The molecule has 0 radical (unpaired) electrons. The number of nitrogens with zero attached hydrogens (tertiary/aromatic N) is 4. The van der Waals surface area contributed by atoms with Crippen LogP contribution in [0.4, 0.5) is 17.5 Å². The maximum atomic E-state index is 13.2. The van der Waals surface area contributed by atoms with E-state index in [9.17, 15) is 9.59 Å². The van der Waals surface area contributed by atoms with Crippen LogP contribution in [-0.4, -0.2) is 69.8 Å². The Kier molecular flexibility index (Phi) is 11.2. The van der Waals surface area contributed by atoms with Crippen LogP contribution in [-0.2, 0) is 16.1 Å². The van der Waals surface area contributed by atoms with E-state index in [1.165, 1.54) is 28.7 Å². The number of aromatic nitrogens is 3. The molecule has 2 aromatic heterocycles. The molecule has 0 spiro atoms. The first-order valence-electron chi connectivity index (χ1n) is 13.5. The number of unbranched alkanes of at least 4 members (excludes halogenated alkanes) is 1. The molecule has 3 heterocycles. The maximum absolute atomic E-state index is 13.2. The molecule has 3 aromatic rings. The fourth-order valence-corrected chi connectivity index (χ4v) is 6.74. The van der Waals surface area contributed by atoms with Crippen LogP contribution in [0.1, 0.15) is 26.2 Å². The molecule has 2 N–H and O–H groups in total. The van der Waals surface area contributed by atoms with Gasteiger partial charge in [-0.05, 0) is 6.07 Å². The Morgan fingerprint density at radius 1 is 1.27 bits per heavy atom. The number of amides is 1. The van der Waals surface area contributed by atoms with Crippen molar-refractivity contribution in [2.24, 2.45) is 5.92 Å². The van der Waals surface area contributed by atoms with E-state index >= 15 is 0 Å². The van der Waals surface area contributed by atoms with E-state index in [0.717, 1.165) is 29.6 Å². The van der Waals surface area contributed by atoms with E-state index in [-0.39, 0.29) is 29.7 Å². The first-order valence-corrected chi connectivity index (χ1v) is 17.0. The molecule has 1 aliphatic heterocycles. The van der Waals surface area contributed by atoms with Crippen LogP contribution < -0.4 is 47.0 Å². The first-order chi connectivity index (χ1) is 19.4. The van der Waals surface area contributed by atoms with Crippen LogP contribution in [0.25, 0.3) is 10.9 Å². The Balaban J connectivity index is 1.54. The third kappa shape index (κ3) is 7.97. The zero-order valence-electron chi connectivity index (χ0n) is 23.2. The van der Waals surface area contributed by atoms with Crippen molar-refractivity contribution in [3.05, 3.63) is 45.8 Å². The normalized spacial score (nSPS) is 13.3. The van der Waals surface area contributed by atoms with Crippen LogP contribution >= 0.6 is 11.6 Å². The second-order valence-electron chi connectivity index (χ2n) is 9.75. The number of nitrogens with one attached hydrogen (secondary N) is 2. The second-order valence-corrected chi connectivity index (χ2v) is 13.4. The molecule has 0 atom stereocenters. The standard InChI is InChI=1S/C28H37ClIN6O4/c1-4-9-30-10-5-6-11-35(3)28-32-14-22(29)26(34-28)33-21-7-8-23-20(12-21)13-24(40-18-25(37)31-2)27(38)36(23)15-19-16-39-17-19/h7-8,12-14,19H,4-6,9-11,15-18H2,1-3H3,(H,31,37)(H,32,33,34)/q-1. The summed E-state index contributed by atoms with van der Waals surface area (Å²) in [4.78, 5) is 36.2. The Bertz CT molecular complexity index is 1370. The van der Waals surface area contributed by atoms with Crippen LogP contribution in [0, 0.1) is 5.92 Å². The summed E-state index contributed by atoms with van der Waals surface area (Å²) in [5.74, 6) is 1.17. The molecule has 1 saturated heterocycles. The average Bonchev–Trinajstić information content (AvgIpc) is 2.93. The number of rotatable bonds is 15. The van der Waals surface area contributed by atoms with Gasteiger partial charge in [-0.2, -0.15) is 0 Å². The summed E-state index contributed by atoms with van der Waals surface area (Å²) in [7, 11) is 3.52. The van der Waals surface area contributed by atoms with Gasteiger partial charge >= 0.3 is 154 Å². The van der Waals surface area contributed by atoms with Gasteiger partial charge in [0.1, 0.15) is 0 Å². The van der Waals surface area contributed by atoms with Crippen LogP contribution in [0.15, 0.2) is 35.3 Å². The van der Waals surface area contributed by atoms with Crippen molar-refractivity contribution in [1.29, 1.82) is 0 Å². The predicted octanol–water partition coefficient (Wildman–Crippen LogP) is 0.675. The van der Waals surface area contributed by atoms with Crippen molar-refractivity contribution in [3.8, 4) is 5.75 Å². The van der Waals surface area contributed by atoms with Gasteiger partial charge in [0.05, 0.1) is 18.7 Å². The van der Waals surface area contributed by atoms with E-state index < -0.39 is 0 Å². The zero-order valence-corrected chi connectivity index (χ0v) is 26.1. The quantitative estimate of drug-likeness (QED) is 0.137. The number of carbonyl (C=O) groups is 1. The molecule has 1 amide bonds. The predicted molar refractivity (Wildman–Crippen MR) is 155 cm³/mol. The third-order valence-electron chi connectivity index (χ3n) is 6.52. The van der Waals surface area contributed by atoms with Crippen molar-refractivity contribution in [2.45, 2.75) is 32.7 Å². The van der Waals surface area contributed by atoms with Crippen molar-refractivity contribution in [1.82, 2.24) is 19.9 Å². The number of hydrogen-bond donors (Lipinski definition) is 2. The van der Waals surface area contributed by atoms with Gasteiger partial charge in [0.25, 0.3) is 11.5 Å². The molecule has 4 rings (SSSR count). The number of pyridine rings is 1. The number of carbonyl (C=O) groups excluding carboxylic acids is 1. The van der Waals surface area contributed by atoms with E-state index in [0.29, 0.717) is 57.8 Å². The molecular formula is C28H37ClIN6O4-. The number of alkyl halides is 2. The summed E-state index contributed by atoms with van der Waals surface area (Å²) in [6, 6.07) is 7.37. The molecule has 0 unspecified atom stereocenters. The number of ether oxygens (including phenoxy) is 2. The molecule has 0 bridgehead atoms. The van der Waals surface area contributed by atoms with Crippen molar-refractivity contribution in [3.63, 3.8) is 0 Å². The van der Waals surface area contributed by atoms with Crippen LogP contribution in [0.2, 0.25) is 5.02 Å². The summed E-state index contributed by atoms with van der Waals surface area (Å²) in [5.41, 5.74) is 1.24. The van der Waals surface area contributed by atoms with E-state index in [1.807, 2.05) is 25.2 Å². The van der Waals surface area contributed by atoms with Crippen LogP contribution in [0.5, 0.6) is 5.75 Å². The Morgan fingerprint density at radius 3 is 2.83 bits per heavy atom. The van der Waals surface area contributed by atoms with E-state index in [4.69, 9.17) is 21.1 Å². The molecule has 10 nitrogen and oxygen atoms in total. The summed E-state index contributed by atoms with van der Waals surface area (Å²) in [6.45, 7) is 4.62. The number of hydrogen-bond acceptors (Lipinski definition) is 8. The molecular weight excluding hydrogens is 647 g/mol. The number of halogens is 2. The molecule has 1 fully saturated rings. The zero-order chi connectivity index (χ0) is 28.5. The number of anilines is 3. The fraction of sp³-hybridized carbons (Fsp3) is 0.500. The van der Waals surface area contributed by atoms with Gasteiger partial charge in [-0.1, -0.05) is 0 Å². The second kappa shape index (κ2) is 14.8. The first kappa shape index (κ1) is 30.3. The fourth-order valence-electron chi connectivity index (χ4n) is 4.22. The van der Waals surface area contributed by atoms with Gasteiger partial charge in [-0.25, -0.2) is 0 Å². The van der Waals surface area contributed by atoms with Gasteiger partial charge in [0.2, 0.25) is 0 Å². The number of likely N-dealkylation sites (N-methyl/N-ethyl adjacent to an activating group) is 1. The Morgan fingerprint density at radius 2 is 2.10 bits per heavy atom. The SMILES string of the molecule is CCC[I-]CCCCN(C)c1ncc(Cl)c(Nc2ccc3c(c2)cc(OCC(=O)NC)c(=O)n3CC2COC2)n1. The Labute approximate surface area is 250 Å². The summed E-state index contributed by atoms with van der Waals surface area (Å²) >= 11 is 6.80. The molecule has 12 heteroatoms. The third-order valence-corrected chi connectivity index (χ3v) is 10.2. The molecule has 1 aromatic carbocycles. The number of benzene rings is 1. The van der Waals surface area contributed by atoms with Crippen molar-refractivity contribution >= 4 is 45.9 Å². The molecule has 40 heavy (non-hydrogen) atoms. The van der Waals surface area contributed by atoms with Crippen molar-refractivity contribution < 1.29 is 35.5 Å². The van der Waals surface area contributed by atoms with Crippen molar-refractivity contribution in [2.75, 3.05) is 59.5 Å². The van der Waals surface area contributed by atoms with E-state index in [1.54, 1.807) is 16.8 Å². The van der Waals surface area contributed by atoms with Crippen LogP contribution in [0.3, 0.4) is 0 Å². The average molecular weight is 684 g/mol. The minimum absolute atomic E-state index is 0.120. The van der Waals surface area contributed by atoms with Gasteiger partial charge in [0.15, 0.2) is 12.4 Å². The molecule has 0 aliphatic carbocycles. The molecule has 1 aliphatic rings. The molecule has 218 valence electrons. The summed E-state index contributed by atoms with van der Waals surface area (Å²) in [5, 5.41) is 7.01. The number of fused-ring (bicyclic) bond motifs is 1. The van der Waals surface area contributed by atoms with E-state index in [2.05, 4.69) is 32.4 Å².